The molecule has 0 unspecified atom stereocenters. The van der Waals surface area contributed by atoms with Crippen LogP contribution in [-0.4, -0.2) is 28.0 Å². The molecular formula is C22H26N4S. The summed E-state index contributed by atoms with van der Waals surface area (Å²) in [5.74, 6) is 3.39. The molecule has 0 amide bonds. The predicted molar refractivity (Wildman–Crippen MR) is 112 cm³/mol. The maximum atomic E-state index is 5.13. The number of aromatic nitrogens is 3. The Kier molecular flexibility index (Phi) is 4.35. The first-order valence-electron chi connectivity index (χ1n) is 10.2. The van der Waals surface area contributed by atoms with Gasteiger partial charge >= 0.3 is 0 Å². The average molecular weight is 379 g/mol. The van der Waals surface area contributed by atoms with Gasteiger partial charge in [0.15, 0.2) is 5.82 Å². The number of pyridine rings is 1. The number of thiophene rings is 1. The third kappa shape index (κ3) is 3.12. The lowest BCUT2D eigenvalue weighted by molar-refractivity contribution is 0.356. The average Bonchev–Trinajstić information content (AvgIpc) is 3.05. The van der Waals surface area contributed by atoms with E-state index in [-0.39, 0.29) is 0 Å². The van der Waals surface area contributed by atoms with E-state index in [2.05, 4.69) is 29.8 Å². The second-order valence-electron chi connectivity index (χ2n) is 8.35. The van der Waals surface area contributed by atoms with Crippen molar-refractivity contribution < 1.29 is 0 Å². The Morgan fingerprint density at radius 1 is 1.07 bits per heavy atom. The van der Waals surface area contributed by atoms with Crippen LogP contribution >= 0.6 is 11.3 Å². The maximum Gasteiger partial charge on any atom is 0.164 e. The summed E-state index contributed by atoms with van der Waals surface area (Å²) in [6, 6.07) is 4.03. The summed E-state index contributed by atoms with van der Waals surface area (Å²) in [5.41, 5.74) is 2.53. The molecule has 0 bridgehead atoms. The molecular weight excluding hydrogens is 352 g/mol. The summed E-state index contributed by atoms with van der Waals surface area (Å²) in [5, 5.41) is 1.34. The summed E-state index contributed by atoms with van der Waals surface area (Å²) in [7, 11) is 0. The Bertz CT molecular complexity index is 955. The Morgan fingerprint density at radius 2 is 1.89 bits per heavy atom. The van der Waals surface area contributed by atoms with Crippen LogP contribution in [-0.2, 0) is 12.8 Å². The summed E-state index contributed by atoms with van der Waals surface area (Å²) in [4.78, 5) is 19.6. The molecule has 4 nitrogen and oxygen atoms in total. The van der Waals surface area contributed by atoms with Gasteiger partial charge in [-0.15, -0.1) is 11.3 Å². The zero-order valence-corrected chi connectivity index (χ0v) is 16.9. The Balaban J connectivity index is 1.71. The Hall–Kier alpha value is -2.01. The van der Waals surface area contributed by atoms with E-state index in [9.17, 15) is 0 Å². The van der Waals surface area contributed by atoms with Gasteiger partial charge in [0.1, 0.15) is 10.6 Å². The van der Waals surface area contributed by atoms with Crippen molar-refractivity contribution in [2.45, 2.75) is 46.0 Å². The fourth-order valence-corrected chi connectivity index (χ4v) is 6.08. The van der Waals surface area contributed by atoms with Crippen molar-refractivity contribution in [1.29, 1.82) is 0 Å². The molecule has 5 rings (SSSR count). The molecule has 1 fully saturated rings. The van der Waals surface area contributed by atoms with Crippen molar-refractivity contribution in [2.24, 2.45) is 11.8 Å². The highest BCUT2D eigenvalue weighted by atomic mass is 32.1. The van der Waals surface area contributed by atoms with E-state index in [1.807, 2.05) is 23.6 Å². The molecule has 1 aliphatic carbocycles. The van der Waals surface area contributed by atoms with Crippen LogP contribution in [0.1, 0.15) is 43.6 Å². The first kappa shape index (κ1) is 17.1. The highest BCUT2D eigenvalue weighted by Crippen LogP contribution is 2.41. The monoisotopic (exact) mass is 378 g/mol. The lowest BCUT2D eigenvalue weighted by Crippen LogP contribution is -2.39. The van der Waals surface area contributed by atoms with E-state index in [0.717, 1.165) is 35.1 Å². The SMILES string of the molecule is C[C@@H]1C[C@H](C)CN(c2nc(-c3cccnc3)nc3sc4c(c23)CCCC4)C1. The van der Waals surface area contributed by atoms with Crippen LogP contribution in [0.2, 0.25) is 0 Å². The van der Waals surface area contributed by atoms with Crippen LogP contribution in [0.4, 0.5) is 5.82 Å². The summed E-state index contributed by atoms with van der Waals surface area (Å²) in [6.07, 6.45) is 9.95. The van der Waals surface area contributed by atoms with Crippen LogP contribution in [0.25, 0.3) is 21.6 Å². The molecule has 2 atom stereocenters. The molecule has 140 valence electrons. The van der Waals surface area contributed by atoms with E-state index in [4.69, 9.17) is 9.97 Å². The number of rotatable bonds is 2. The lowest BCUT2D eigenvalue weighted by Gasteiger charge is -2.36. The van der Waals surface area contributed by atoms with Crippen LogP contribution < -0.4 is 4.90 Å². The third-order valence-electron chi connectivity index (χ3n) is 5.88. The molecule has 0 spiro atoms. The molecule has 2 aliphatic rings. The van der Waals surface area contributed by atoms with Crippen LogP contribution in [0.5, 0.6) is 0 Å². The molecule has 0 aromatic carbocycles. The lowest BCUT2D eigenvalue weighted by atomic mass is 9.91. The van der Waals surface area contributed by atoms with Crippen molar-refractivity contribution in [3.63, 3.8) is 0 Å². The van der Waals surface area contributed by atoms with Crippen molar-refractivity contribution in [1.82, 2.24) is 15.0 Å². The minimum Gasteiger partial charge on any atom is -0.355 e. The highest BCUT2D eigenvalue weighted by Gasteiger charge is 2.28. The second-order valence-corrected chi connectivity index (χ2v) is 9.44. The molecule has 1 aliphatic heterocycles. The number of aryl methyl sites for hydroxylation is 2. The summed E-state index contributed by atoms with van der Waals surface area (Å²) >= 11 is 1.89. The first-order chi connectivity index (χ1) is 13.2. The van der Waals surface area contributed by atoms with Gasteiger partial charge in [-0.1, -0.05) is 13.8 Å². The van der Waals surface area contributed by atoms with Gasteiger partial charge in [-0.3, -0.25) is 4.98 Å². The standard InChI is InChI=1S/C22H26N4S/c1-14-10-15(2)13-26(12-14)21-19-17-7-3-4-8-18(17)27-22(19)25-20(24-21)16-6-5-9-23-11-16/h5-6,9,11,14-15H,3-4,7-8,10,12-13H2,1-2H3/t14-,15+. The fraction of sp³-hybridized carbons (Fsp3) is 0.500. The van der Waals surface area contributed by atoms with Gasteiger partial charge in [0, 0.05) is 35.9 Å². The van der Waals surface area contributed by atoms with Gasteiger partial charge in [0.2, 0.25) is 0 Å². The Morgan fingerprint density at radius 3 is 2.67 bits per heavy atom. The molecule has 3 aromatic rings. The van der Waals surface area contributed by atoms with E-state index in [1.165, 1.54) is 47.9 Å². The molecule has 5 heteroatoms. The largest absolute Gasteiger partial charge is 0.355 e. The van der Waals surface area contributed by atoms with Crippen molar-refractivity contribution in [3.05, 3.63) is 35.0 Å². The number of piperidine rings is 1. The number of nitrogens with zero attached hydrogens (tertiary/aromatic N) is 4. The molecule has 4 heterocycles. The van der Waals surface area contributed by atoms with E-state index in [1.54, 1.807) is 6.20 Å². The zero-order chi connectivity index (χ0) is 18.4. The van der Waals surface area contributed by atoms with Gasteiger partial charge in [0.05, 0.1) is 5.39 Å². The quantitative estimate of drug-likeness (QED) is 0.621. The number of anilines is 1. The van der Waals surface area contributed by atoms with Crippen LogP contribution in [0.15, 0.2) is 24.5 Å². The number of fused-ring (bicyclic) bond motifs is 3. The number of hydrogen-bond acceptors (Lipinski definition) is 5. The normalized spacial score (nSPS) is 22.8. The maximum absolute atomic E-state index is 5.13. The van der Waals surface area contributed by atoms with E-state index >= 15 is 0 Å². The second kappa shape index (κ2) is 6.86. The first-order valence-corrected chi connectivity index (χ1v) is 11.0. The van der Waals surface area contributed by atoms with Crippen molar-refractivity contribution >= 4 is 27.4 Å². The predicted octanol–water partition coefficient (Wildman–Crippen LogP) is 5.11. The molecule has 1 saturated heterocycles. The fourth-order valence-electron chi connectivity index (χ4n) is 4.83. The number of hydrogen-bond donors (Lipinski definition) is 0. The van der Waals surface area contributed by atoms with E-state index < -0.39 is 0 Å². The topological polar surface area (TPSA) is 41.9 Å². The van der Waals surface area contributed by atoms with Gasteiger partial charge < -0.3 is 4.90 Å². The van der Waals surface area contributed by atoms with Crippen molar-refractivity contribution in [3.8, 4) is 11.4 Å². The van der Waals surface area contributed by atoms with Gasteiger partial charge in [-0.05, 0) is 61.6 Å². The van der Waals surface area contributed by atoms with Crippen LogP contribution in [0, 0.1) is 11.8 Å². The van der Waals surface area contributed by atoms with Gasteiger partial charge in [-0.2, -0.15) is 0 Å². The Labute approximate surface area is 164 Å². The van der Waals surface area contributed by atoms with E-state index in [0.29, 0.717) is 11.8 Å². The minimum absolute atomic E-state index is 0.704. The third-order valence-corrected chi connectivity index (χ3v) is 7.07. The molecule has 3 aromatic heterocycles. The molecule has 27 heavy (non-hydrogen) atoms. The zero-order valence-electron chi connectivity index (χ0n) is 16.1. The highest BCUT2D eigenvalue weighted by molar-refractivity contribution is 7.19. The van der Waals surface area contributed by atoms with Crippen molar-refractivity contribution in [2.75, 3.05) is 18.0 Å². The minimum atomic E-state index is 0.704. The van der Waals surface area contributed by atoms with Crippen LogP contribution in [0.3, 0.4) is 0 Å². The summed E-state index contributed by atoms with van der Waals surface area (Å²) < 4.78 is 0. The molecule has 0 saturated carbocycles. The summed E-state index contributed by atoms with van der Waals surface area (Å²) in [6.45, 7) is 6.92. The van der Waals surface area contributed by atoms with Gasteiger partial charge in [-0.25, -0.2) is 9.97 Å². The van der Waals surface area contributed by atoms with Gasteiger partial charge in [0.25, 0.3) is 0 Å². The smallest absolute Gasteiger partial charge is 0.164 e. The molecule has 0 radical (unpaired) electrons. The molecule has 0 N–H and O–H groups in total.